The molecular weight excluding hydrogens is 675 g/mol. The van der Waals surface area contributed by atoms with Gasteiger partial charge in [0.2, 0.25) is 0 Å². The third kappa shape index (κ3) is 8.73. The lowest BCUT2D eigenvalue weighted by Crippen LogP contribution is -2.50. The predicted octanol–water partition coefficient (Wildman–Crippen LogP) is 5.71. The van der Waals surface area contributed by atoms with Crippen molar-refractivity contribution in [2.24, 2.45) is 0 Å². The maximum Gasteiger partial charge on any atom is 0.457 e. The molecule has 2 amide bonds. The Morgan fingerprint density at radius 2 is 1.04 bits per heavy atom. The van der Waals surface area contributed by atoms with Gasteiger partial charge in [0.05, 0.1) is 18.7 Å². The number of rotatable bonds is 13. The normalized spacial score (nSPS) is 24.9. The highest BCUT2D eigenvalue weighted by molar-refractivity contribution is 7.62. The number of hydrogen-bond donors (Lipinski definition) is 5. The number of carbonyl (C=O) groups is 1. The summed E-state index contributed by atoms with van der Waals surface area (Å²) in [6, 6.07) is 24.7. The summed E-state index contributed by atoms with van der Waals surface area (Å²) in [7, 11) is -2.54. The second-order valence-electron chi connectivity index (χ2n) is 12.8. The summed E-state index contributed by atoms with van der Waals surface area (Å²) in [6.45, 7) is 4.27. The molecule has 4 aromatic rings. The van der Waals surface area contributed by atoms with Gasteiger partial charge in [-0.15, -0.1) is 9.05 Å². The van der Waals surface area contributed by atoms with E-state index in [0.29, 0.717) is 12.4 Å². The average molecular weight is 720 g/mol. The fourth-order valence-electron chi connectivity index (χ4n) is 6.51. The molecule has 0 spiro atoms. The molecule has 0 unspecified atom stereocenters. The van der Waals surface area contributed by atoms with Gasteiger partial charge in [-0.05, 0) is 97.5 Å². The quantitative estimate of drug-likeness (QED) is 0.108. The van der Waals surface area contributed by atoms with Gasteiger partial charge in [-0.1, -0.05) is 48.5 Å². The molecule has 270 valence electrons. The molecular formula is C38H44N2O10P+. The number of aliphatic hydroxyl groups excluding tert-OH is 2. The molecule has 4 atom stereocenters. The molecule has 12 nitrogen and oxygen atoms in total. The van der Waals surface area contributed by atoms with Crippen LogP contribution < -0.4 is 4.74 Å². The first-order chi connectivity index (χ1) is 24.5. The zero-order valence-corrected chi connectivity index (χ0v) is 29.4. The Kier molecular flexibility index (Phi) is 11.3. The van der Waals surface area contributed by atoms with Crippen LogP contribution in [0.5, 0.6) is 23.0 Å². The van der Waals surface area contributed by atoms with Crippen LogP contribution in [0.25, 0.3) is 0 Å². The van der Waals surface area contributed by atoms with Crippen LogP contribution in [0.15, 0.2) is 97.1 Å². The van der Waals surface area contributed by atoms with E-state index in [0.717, 1.165) is 22.3 Å². The van der Waals surface area contributed by atoms with Crippen LogP contribution in [0, 0.1) is 0 Å². The number of carbonyl (C=O) groups excluding carboxylic acids is 1. The van der Waals surface area contributed by atoms with E-state index in [1.807, 2.05) is 19.1 Å². The summed E-state index contributed by atoms with van der Waals surface area (Å²) in [5.41, 5.74) is 2.99. The van der Waals surface area contributed by atoms with Crippen molar-refractivity contribution in [3.05, 3.63) is 119 Å². The van der Waals surface area contributed by atoms with Crippen molar-refractivity contribution >= 4 is 14.0 Å². The third-order valence-electron chi connectivity index (χ3n) is 9.09. The van der Waals surface area contributed by atoms with Gasteiger partial charge in [-0.3, -0.25) is 0 Å². The fraction of sp³-hybridized carbons (Fsp3) is 0.342. The molecule has 0 aliphatic carbocycles. The maximum absolute atomic E-state index is 14.8. The minimum atomic E-state index is -2.54. The molecule has 6 rings (SSSR count). The van der Waals surface area contributed by atoms with E-state index in [-0.39, 0.29) is 55.8 Å². The first-order valence-electron chi connectivity index (χ1n) is 16.9. The van der Waals surface area contributed by atoms with Gasteiger partial charge < -0.3 is 40.1 Å². The predicted molar refractivity (Wildman–Crippen MR) is 190 cm³/mol. The van der Waals surface area contributed by atoms with Gasteiger partial charge in [0.25, 0.3) is 12.6 Å². The number of benzene rings is 4. The Bertz CT molecular complexity index is 1730. The topological polar surface area (TPSA) is 162 Å². The van der Waals surface area contributed by atoms with E-state index in [4.69, 9.17) is 18.3 Å². The summed E-state index contributed by atoms with van der Waals surface area (Å²) < 4.78 is 23.1. The number of urea groups is 1. The minimum absolute atomic E-state index is 0.0808. The molecule has 2 saturated heterocycles. The minimum Gasteiger partial charge on any atom is -0.508 e. The molecule has 51 heavy (non-hydrogen) atoms. The van der Waals surface area contributed by atoms with E-state index in [2.05, 4.69) is 0 Å². The van der Waals surface area contributed by atoms with E-state index in [1.165, 1.54) is 24.3 Å². The zero-order valence-electron chi connectivity index (χ0n) is 28.5. The van der Waals surface area contributed by atoms with Crippen LogP contribution in [-0.4, -0.2) is 84.9 Å². The van der Waals surface area contributed by atoms with E-state index < -0.39 is 38.3 Å². The fourth-order valence-corrected chi connectivity index (χ4v) is 8.45. The number of amides is 2. The molecule has 2 aliphatic heterocycles. The zero-order chi connectivity index (χ0) is 36.1. The average Bonchev–Trinajstić information content (AvgIpc) is 3.17. The highest BCUT2D eigenvalue weighted by Gasteiger charge is 2.60. The third-order valence-corrected chi connectivity index (χ3v) is 11.4. The van der Waals surface area contributed by atoms with Crippen molar-refractivity contribution in [3.63, 3.8) is 0 Å². The molecule has 0 radical (unpaired) electrons. The van der Waals surface area contributed by atoms with Crippen LogP contribution in [0.4, 0.5) is 4.79 Å². The van der Waals surface area contributed by atoms with Crippen LogP contribution >= 0.6 is 7.94 Å². The van der Waals surface area contributed by atoms with Crippen molar-refractivity contribution in [1.29, 1.82) is 0 Å². The number of phenols is 3. The first-order valence-corrected chi connectivity index (χ1v) is 18.6. The van der Waals surface area contributed by atoms with Crippen molar-refractivity contribution < 1.29 is 48.6 Å². The maximum atomic E-state index is 14.8. The molecule has 0 aromatic heterocycles. The summed E-state index contributed by atoms with van der Waals surface area (Å²) >= 11 is 0. The van der Waals surface area contributed by atoms with E-state index in [1.54, 1.807) is 77.4 Å². The van der Waals surface area contributed by atoms with Crippen molar-refractivity contribution in [2.45, 2.75) is 70.4 Å². The summed E-state index contributed by atoms with van der Waals surface area (Å²) in [6.07, 6.45) is -2.53. The second kappa shape index (κ2) is 15.9. The lowest BCUT2D eigenvalue weighted by molar-refractivity contribution is -0.109. The van der Waals surface area contributed by atoms with Crippen molar-refractivity contribution in [1.82, 2.24) is 9.80 Å². The number of nitrogens with zero attached hydrogens (tertiary/aromatic N) is 2. The van der Waals surface area contributed by atoms with Crippen LogP contribution in [0.2, 0.25) is 0 Å². The molecule has 0 bridgehead atoms. The summed E-state index contributed by atoms with van der Waals surface area (Å²) in [5, 5.41) is 53.7. The number of hydrogen-bond acceptors (Lipinski definition) is 10. The standard InChI is InChI=1S/C38H43N2O10P/c1-3-48-51(49-25(2)50-51)24-47-33-18-10-27(11-19-33)21-35-37(45)36(44)34(20-26-4-12-30(41)13-5-26)39(22-28-6-14-31(42)15-7-28)38(46)40(35)23-29-8-16-32(43)17-9-29/h4-19,25,34-37,44-45H,3,20-24H2,1-2H3,(H2-,41,42,43)/p+1/t25?,34-,35-,36+,37+,51?/m1/s1. The molecule has 5 N–H and O–H groups in total. The Hall–Kier alpha value is -4.42. The van der Waals surface area contributed by atoms with Crippen molar-refractivity contribution in [3.8, 4) is 23.0 Å². The highest BCUT2D eigenvalue weighted by Crippen LogP contribution is 2.70. The molecule has 2 aliphatic rings. The van der Waals surface area contributed by atoms with Gasteiger partial charge >= 0.3 is 14.0 Å². The summed E-state index contributed by atoms with van der Waals surface area (Å²) in [5.74, 6) is 0.815. The lowest BCUT2D eigenvalue weighted by atomic mass is 9.90. The van der Waals surface area contributed by atoms with E-state index >= 15 is 0 Å². The van der Waals surface area contributed by atoms with Gasteiger partial charge in [-0.25, -0.2) is 4.79 Å². The molecule has 4 aromatic carbocycles. The van der Waals surface area contributed by atoms with Gasteiger partial charge in [0, 0.05) is 13.1 Å². The molecule has 13 heteroatoms. The summed E-state index contributed by atoms with van der Waals surface area (Å²) in [4.78, 5) is 18.0. The first kappa shape index (κ1) is 36.4. The Balaban J connectivity index is 1.31. The monoisotopic (exact) mass is 719 g/mol. The van der Waals surface area contributed by atoms with Crippen LogP contribution in [0.1, 0.15) is 36.1 Å². The second-order valence-corrected chi connectivity index (χ2v) is 14.9. The smallest absolute Gasteiger partial charge is 0.457 e. The largest absolute Gasteiger partial charge is 0.508 e. The SMILES string of the molecule is CCO[P+]1(COc2ccc(C[C@@H]3[C@H](O)[C@@H](O)[C@@H](Cc4ccc(O)cc4)N(Cc4ccc(O)cc4)C(=O)N3Cc3ccc(O)cc3)cc2)OC(C)O1. The lowest BCUT2D eigenvalue weighted by Gasteiger charge is -2.36. The van der Waals surface area contributed by atoms with Gasteiger partial charge in [0.15, 0.2) is 0 Å². The number of ether oxygens (including phenoxy) is 1. The van der Waals surface area contributed by atoms with Gasteiger partial charge in [-0.2, -0.15) is 4.52 Å². The number of phenolic OH excluding ortho intramolecular Hbond substituents is 3. The van der Waals surface area contributed by atoms with E-state index in [9.17, 15) is 30.3 Å². The molecule has 2 fully saturated rings. The van der Waals surface area contributed by atoms with Crippen molar-refractivity contribution in [2.75, 3.05) is 13.0 Å². The van der Waals surface area contributed by atoms with Crippen LogP contribution in [-0.2, 0) is 39.5 Å². The van der Waals surface area contributed by atoms with Crippen LogP contribution in [0.3, 0.4) is 0 Å². The Labute approximate surface area is 297 Å². The number of aromatic hydroxyl groups is 3. The van der Waals surface area contributed by atoms with Gasteiger partial charge in [0.1, 0.15) is 35.2 Å². The Morgan fingerprint density at radius 3 is 1.43 bits per heavy atom. The highest BCUT2D eigenvalue weighted by atomic mass is 31.2. The molecule has 0 saturated carbocycles. The molecule has 2 heterocycles. The number of aliphatic hydroxyl groups is 2. The Morgan fingerprint density at radius 1 is 0.647 bits per heavy atom.